The number of benzene rings is 2. The molecule has 0 saturated carbocycles. The first-order valence-corrected chi connectivity index (χ1v) is 8.04. The highest BCUT2D eigenvalue weighted by atomic mass is 16.6. The van der Waals surface area contributed by atoms with Crippen LogP contribution in [0, 0.1) is 13.8 Å². The van der Waals surface area contributed by atoms with Crippen LogP contribution in [-0.2, 0) is 0 Å². The number of hydrogen-bond acceptors (Lipinski definition) is 5. The highest BCUT2D eigenvalue weighted by Gasteiger charge is 2.21. The average Bonchev–Trinajstić information content (AvgIpc) is 2.62. The lowest BCUT2D eigenvalue weighted by molar-refractivity contribution is 0.0695. The maximum atomic E-state index is 12.7. The molecule has 1 heterocycles. The van der Waals surface area contributed by atoms with E-state index in [4.69, 9.17) is 14.2 Å². The van der Waals surface area contributed by atoms with Crippen LogP contribution in [-0.4, -0.2) is 37.3 Å². The van der Waals surface area contributed by atoms with E-state index < -0.39 is 11.9 Å². The Labute approximate surface area is 150 Å². The van der Waals surface area contributed by atoms with Crippen molar-refractivity contribution in [2.45, 2.75) is 13.8 Å². The maximum Gasteiger partial charge on any atom is 0.336 e. The molecule has 26 heavy (non-hydrogen) atoms. The Kier molecular flexibility index (Phi) is 4.71. The predicted molar refractivity (Wildman–Crippen MR) is 94.8 cm³/mol. The molecule has 0 aromatic heterocycles. The van der Waals surface area contributed by atoms with E-state index in [9.17, 15) is 14.7 Å². The van der Waals surface area contributed by atoms with Crippen molar-refractivity contribution in [3.63, 3.8) is 0 Å². The van der Waals surface area contributed by atoms with Crippen molar-refractivity contribution in [2.75, 3.05) is 25.6 Å². The van der Waals surface area contributed by atoms with Crippen LogP contribution in [0.2, 0.25) is 0 Å². The molecular weight excluding hydrogens is 338 g/mol. The summed E-state index contributed by atoms with van der Waals surface area (Å²) in [5.74, 6) is -0.135. The van der Waals surface area contributed by atoms with Crippen molar-refractivity contribution >= 4 is 17.6 Å². The number of amides is 1. The second-order valence-electron chi connectivity index (χ2n) is 5.94. The van der Waals surface area contributed by atoms with E-state index in [-0.39, 0.29) is 5.56 Å². The molecule has 7 nitrogen and oxygen atoms in total. The van der Waals surface area contributed by atoms with Crippen LogP contribution < -0.4 is 19.5 Å². The van der Waals surface area contributed by atoms with Gasteiger partial charge in [-0.3, -0.25) is 4.79 Å². The third kappa shape index (κ3) is 3.28. The summed E-state index contributed by atoms with van der Waals surface area (Å²) in [4.78, 5) is 24.0. The van der Waals surface area contributed by atoms with Crippen LogP contribution in [0.5, 0.6) is 17.2 Å². The molecule has 0 unspecified atom stereocenters. The van der Waals surface area contributed by atoms with Crippen molar-refractivity contribution in [3.8, 4) is 17.2 Å². The zero-order valence-corrected chi connectivity index (χ0v) is 14.7. The average molecular weight is 357 g/mol. The van der Waals surface area contributed by atoms with Gasteiger partial charge in [-0.25, -0.2) is 4.79 Å². The second kappa shape index (κ2) is 6.95. The Morgan fingerprint density at radius 2 is 1.81 bits per heavy atom. The van der Waals surface area contributed by atoms with Gasteiger partial charge in [0.05, 0.1) is 12.7 Å². The number of methoxy groups -OCH3 is 1. The van der Waals surface area contributed by atoms with Crippen molar-refractivity contribution in [1.29, 1.82) is 0 Å². The zero-order valence-electron chi connectivity index (χ0n) is 14.7. The fourth-order valence-electron chi connectivity index (χ4n) is 2.82. The first kappa shape index (κ1) is 17.6. The van der Waals surface area contributed by atoms with E-state index in [0.29, 0.717) is 47.3 Å². The molecule has 0 atom stereocenters. The number of anilines is 1. The number of nitrogens with one attached hydrogen (secondary N) is 1. The van der Waals surface area contributed by atoms with Crippen LogP contribution in [0.3, 0.4) is 0 Å². The normalized spacial score (nSPS) is 12.4. The van der Waals surface area contributed by atoms with Gasteiger partial charge in [0, 0.05) is 11.3 Å². The first-order valence-electron chi connectivity index (χ1n) is 8.04. The minimum atomic E-state index is -1.04. The Morgan fingerprint density at radius 3 is 2.50 bits per heavy atom. The lowest BCUT2D eigenvalue weighted by Gasteiger charge is -2.21. The molecule has 2 aromatic carbocycles. The zero-order chi connectivity index (χ0) is 18.8. The molecule has 0 aliphatic carbocycles. The van der Waals surface area contributed by atoms with Crippen molar-refractivity contribution < 1.29 is 28.9 Å². The fourth-order valence-corrected chi connectivity index (χ4v) is 2.82. The van der Waals surface area contributed by atoms with Gasteiger partial charge in [-0.05, 0) is 43.2 Å². The molecule has 0 fully saturated rings. The third-order valence-electron chi connectivity index (χ3n) is 4.14. The lowest BCUT2D eigenvalue weighted by Crippen LogP contribution is -2.18. The highest BCUT2D eigenvalue weighted by Crippen LogP contribution is 2.40. The molecular formula is C19H19NO6. The number of carboxylic acids is 1. The van der Waals surface area contributed by atoms with Gasteiger partial charge in [0.15, 0.2) is 11.5 Å². The molecule has 0 bridgehead atoms. The van der Waals surface area contributed by atoms with E-state index in [1.807, 2.05) is 0 Å². The van der Waals surface area contributed by atoms with Crippen molar-refractivity contribution in [3.05, 3.63) is 46.5 Å². The van der Waals surface area contributed by atoms with E-state index in [0.717, 1.165) is 5.56 Å². The Hall–Kier alpha value is -3.22. The molecule has 1 amide bonds. The number of carbonyl (C=O) groups is 2. The molecule has 0 saturated heterocycles. The number of fused-ring (bicyclic) bond motifs is 1. The number of aryl methyl sites for hydroxylation is 2. The van der Waals surface area contributed by atoms with Gasteiger partial charge in [0.25, 0.3) is 5.91 Å². The summed E-state index contributed by atoms with van der Waals surface area (Å²) in [5, 5.41) is 12.0. The van der Waals surface area contributed by atoms with Gasteiger partial charge >= 0.3 is 5.97 Å². The predicted octanol–water partition coefficient (Wildman–Crippen LogP) is 3.03. The lowest BCUT2D eigenvalue weighted by atomic mass is 10.0. The number of hydrogen-bond donors (Lipinski definition) is 2. The summed E-state index contributed by atoms with van der Waals surface area (Å²) in [6, 6.07) is 6.32. The summed E-state index contributed by atoms with van der Waals surface area (Å²) in [6.07, 6.45) is 0. The first-order chi connectivity index (χ1) is 12.4. The molecule has 0 radical (unpaired) electrons. The highest BCUT2D eigenvalue weighted by molar-refractivity contribution is 6.06. The molecule has 3 rings (SSSR count). The maximum absolute atomic E-state index is 12.7. The Morgan fingerprint density at radius 1 is 1.08 bits per heavy atom. The van der Waals surface area contributed by atoms with Gasteiger partial charge in [-0.15, -0.1) is 0 Å². The van der Waals surface area contributed by atoms with Gasteiger partial charge < -0.3 is 24.6 Å². The largest absolute Gasteiger partial charge is 0.493 e. The van der Waals surface area contributed by atoms with E-state index >= 15 is 0 Å². The van der Waals surface area contributed by atoms with E-state index in [2.05, 4.69) is 5.32 Å². The fraction of sp³-hybridized carbons (Fsp3) is 0.263. The Balaban J connectivity index is 1.94. The molecule has 1 aliphatic heterocycles. The summed E-state index contributed by atoms with van der Waals surface area (Å²) >= 11 is 0. The van der Waals surface area contributed by atoms with Gasteiger partial charge in [-0.1, -0.05) is 6.07 Å². The van der Waals surface area contributed by atoms with Gasteiger partial charge in [-0.2, -0.15) is 0 Å². The van der Waals surface area contributed by atoms with Crippen molar-refractivity contribution in [1.82, 2.24) is 0 Å². The second-order valence-corrected chi connectivity index (χ2v) is 5.94. The van der Waals surface area contributed by atoms with Crippen LogP contribution in [0.4, 0.5) is 5.69 Å². The van der Waals surface area contributed by atoms with Crippen LogP contribution in [0.1, 0.15) is 31.8 Å². The topological polar surface area (TPSA) is 94.1 Å². The smallest absolute Gasteiger partial charge is 0.336 e. The SMILES string of the molecule is COc1cc(C(=O)Nc2cc(C(=O)O)c(C)cc2C)cc2c1OCCO2. The van der Waals surface area contributed by atoms with Crippen LogP contribution in [0.25, 0.3) is 0 Å². The van der Waals surface area contributed by atoms with Crippen LogP contribution >= 0.6 is 0 Å². The molecule has 2 N–H and O–H groups in total. The number of carbonyl (C=O) groups excluding carboxylic acids is 1. The molecule has 136 valence electrons. The number of carboxylic acid groups (broad SMARTS) is 1. The van der Waals surface area contributed by atoms with Gasteiger partial charge in [0.1, 0.15) is 13.2 Å². The molecule has 0 spiro atoms. The minimum absolute atomic E-state index is 0.144. The van der Waals surface area contributed by atoms with Gasteiger partial charge in [0.2, 0.25) is 5.75 Å². The molecule has 1 aliphatic rings. The third-order valence-corrected chi connectivity index (χ3v) is 4.14. The molecule has 7 heteroatoms. The Bertz CT molecular complexity index is 873. The summed E-state index contributed by atoms with van der Waals surface area (Å²) in [6.45, 7) is 4.32. The van der Waals surface area contributed by atoms with Crippen LogP contribution in [0.15, 0.2) is 24.3 Å². The quantitative estimate of drug-likeness (QED) is 0.873. The van der Waals surface area contributed by atoms with E-state index in [1.165, 1.54) is 13.2 Å². The van der Waals surface area contributed by atoms with Crippen molar-refractivity contribution in [2.24, 2.45) is 0 Å². The number of rotatable bonds is 4. The number of ether oxygens (including phenoxy) is 3. The standard InChI is InChI=1S/C19H19NO6/c1-10-6-11(2)14(9-13(10)19(22)23)20-18(21)12-7-15(24-3)17-16(8-12)25-4-5-26-17/h6-9H,4-5H2,1-3H3,(H,20,21)(H,22,23). The number of aromatic carboxylic acids is 1. The van der Waals surface area contributed by atoms with E-state index in [1.54, 1.807) is 32.0 Å². The summed E-state index contributed by atoms with van der Waals surface area (Å²) in [5.41, 5.74) is 2.31. The summed E-state index contributed by atoms with van der Waals surface area (Å²) in [7, 11) is 1.48. The monoisotopic (exact) mass is 357 g/mol. The minimum Gasteiger partial charge on any atom is -0.493 e. The summed E-state index contributed by atoms with van der Waals surface area (Å²) < 4.78 is 16.3. The molecule has 2 aromatic rings.